The summed E-state index contributed by atoms with van der Waals surface area (Å²) in [5, 5.41) is 0.0150. The van der Waals surface area contributed by atoms with Crippen LogP contribution in [0, 0.1) is 0 Å². The highest BCUT2D eigenvalue weighted by atomic mass is 32.2. The Balaban J connectivity index is 2.68. The van der Waals surface area contributed by atoms with E-state index in [-0.39, 0.29) is 22.1 Å². The predicted molar refractivity (Wildman–Crippen MR) is 40.9 cm³/mol. The van der Waals surface area contributed by atoms with Crippen LogP contribution in [0.15, 0.2) is 0 Å². The van der Waals surface area contributed by atoms with E-state index in [4.69, 9.17) is 0 Å². The molecule has 1 saturated heterocycles. The third-order valence-corrected chi connectivity index (χ3v) is 2.42. The molecule has 3 heteroatoms. The van der Waals surface area contributed by atoms with Crippen molar-refractivity contribution in [2.75, 3.05) is 0 Å². The Morgan fingerprint density at radius 1 is 1.40 bits per heavy atom. The second kappa shape index (κ2) is 2.38. The minimum Gasteiger partial charge on any atom is -0.299 e. The van der Waals surface area contributed by atoms with Crippen molar-refractivity contribution in [3.8, 4) is 0 Å². The highest BCUT2D eigenvalue weighted by Gasteiger charge is 2.32. The summed E-state index contributed by atoms with van der Waals surface area (Å²) in [4.78, 5) is 21.7. The first kappa shape index (κ1) is 7.79. The van der Waals surface area contributed by atoms with Crippen molar-refractivity contribution in [1.29, 1.82) is 0 Å². The largest absolute Gasteiger partial charge is 0.299 e. The van der Waals surface area contributed by atoms with Crippen LogP contribution in [0.4, 0.5) is 0 Å². The molecular formula is C7H10O2S. The van der Waals surface area contributed by atoms with Gasteiger partial charge in [-0.25, -0.2) is 0 Å². The molecular weight excluding hydrogens is 148 g/mol. The number of rotatable bonds is 0. The minimum absolute atomic E-state index is 0.0150. The van der Waals surface area contributed by atoms with Crippen LogP contribution in [0.5, 0.6) is 0 Å². The molecule has 0 saturated carbocycles. The van der Waals surface area contributed by atoms with Gasteiger partial charge in [0.1, 0.15) is 5.78 Å². The van der Waals surface area contributed by atoms with Gasteiger partial charge in [-0.2, -0.15) is 0 Å². The van der Waals surface area contributed by atoms with Gasteiger partial charge in [-0.1, -0.05) is 11.8 Å². The molecule has 2 nitrogen and oxygen atoms in total. The van der Waals surface area contributed by atoms with E-state index >= 15 is 0 Å². The molecule has 1 fully saturated rings. The number of carbonyl (C=O) groups excluding carboxylic acids is 2. The summed E-state index contributed by atoms with van der Waals surface area (Å²) in [7, 11) is 0. The molecule has 0 bridgehead atoms. The van der Waals surface area contributed by atoms with Gasteiger partial charge in [0.2, 0.25) is 0 Å². The predicted octanol–water partition coefficient (Wildman–Crippen LogP) is 1.39. The zero-order chi connectivity index (χ0) is 7.78. The van der Waals surface area contributed by atoms with Crippen molar-refractivity contribution < 1.29 is 9.59 Å². The van der Waals surface area contributed by atoms with Crippen molar-refractivity contribution in [2.24, 2.45) is 0 Å². The van der Waals surface area contributed by atoms with Crippen LogP contribution in [0.1, 0.15) is 26.7 Å². The van der Waals surface area contributed by atoms with Gasteiger partial charge in [0.25, 0.3) is 0 Å². The fraction of sp³-hybridized carbons (Fsp3) is 0.714. The van der Waals surface area contributed by atoms with Crippen LogP contribution in [0.25, 0.3) is 0 Å². The minimum atomic E-state index is -0.160. The Morgan fingerprint density at radius 3 is 2.40 bits per heavy atom. The second-order valence-electron chi connectivity index (χ2n) is 3.13. The van der Waals surface area contributed by atoms with E-state index in [1.807, 2.05) is 13.8 Å². The number of carbonyl (C=O) groups is 2. The van der Waals surface area contributed by atoms with Gasteiger partial charge in [-0.15, -0.1) is 0 Å². The van der Waals surface area contributed by atoms with Crippen molar-refractivity contribution in [2.45, 2.75) is 31.4 Å². The smallest absolute Gasteiger partial charge is 0.196 e. The first-order valence-corrected chi connectivity index (χ1v) is 4.05. The number of ketones is 1. The Hall–Kier alpha value is -0.310. The van der Waals surface area contributed by atoms with Gasteiger partial charge >= 0.3 is 0 Å². The van der Waals surface area contributed by atoms with E-state index in [1.54, 1.807) is 0 Å². The third kappa shape index (κ3) is 1.84. The second-order valence-corrected chi connectivity index (χ2v) is 4.89. The quantitative estimate of drug-likeness (QED) is 0.499. The van der Waals surface area contributed by atoms with Crippen LogP contribution in [0.3, 0.4) is 0 Å². The molecule has 0 aromatic heterocycles. The molecule has 0 amide bonds. The number of thioether (sulfide) groups is 1. The molecule has 0 unspecified atom stereocenters. The first-order valence-electron chi connectivity index (χ1n) is 3.23. The van der Waals surface area contributed by atoms with E-state index in [0.29, 0.717) is 6.42 Å². The maximum Gasteiger partial charge on any atom is 0.196 e. The fourth-order valence-corrected chi connectivity index (χ4v) is 2.16. The molecule has 1 rings (SSSR count). The highest BCUT2D eigenvalue weighted by molar-refractivity contribution is 8.15. The molecule has 1 heterocycles. The maximum absolute atomic E-state index is 10.9. The molecule has 1 aliphatic rings. The van der Waals surface area contributed by atoms with Gasteiger partial charge in [-0.3, -0.25) is 9.59 Å². The van der Waals surface area contributed by atoms with Gasteiger partial charge in [0.05, 0.1) is 6.42 Å². The molecule has 0 N–H and O–H groups in total. The summed E-state index contributed by atoms with van der Waals surface area (Å²) < 4.78 is -0.160. The van der Waals surface area contributed by atoms with Crippen molar-refractivity contribution in [3.63, 3.8) is 0 Å². The van der Waals surface area contributed by atoms with E-state index in [0.717, 1.165) is 0 Å². The molecule has 0 radical (unpaired) electrons. The Bertz CT molecular complexity index is 166. The van der Waals surface area contributed by atoms with E-state index in [9.17, 15) is 9.59 Å². The summed E-state index contributed by atoms with van der Waals surface area (Å²) in [6, 6.07) is 0. The standard InChI is InChI=1S/C7H10O2S/c1-7(2)4-5(8)3-6(9)10-7/h3-4H2,1-2H3. The average Bonchev–Trinajstić information content (AvgIpc) is 1.54. The van der Waals surface area contributed by atoms with Gasteiger partial charge in [0.15, 0.2) is 5.12 Å². The third-order valence-electron chi connectivity index (χ3n) is 1.35. The van der Waals surface area contributed by atoms with Crippen LogP contribution in [-0.2, 0) is 9.59 Å². The van der Waals surface area contributed by atoms with Gasteiger partial charge in [0, 0.05) is 11.2 Å². The van der Waals surface area contributed by atoms with Crippen LogP contribution in [-0.4, -0.2) is 15.6 Å². The Morgan fingerprint density at radius 2 is 2.00 bits per heavy atom. The molecule has 1 aliphatic heterocycles. The lowest BCUT2D eigenvalue weighted by Crippen LogP contribution is -2.28. The lowest BCUT2D eigenvalue weighted by Gasteiger charge is -2.25. The topological polar surface area (TPSA) is 34.1 Å². The number of Topliss-reactive ketones (excluding diaryl/α,β-unsaturated/α-hetero) is 1. The van der Waals surface area contributed by atoms with Crippen LogP contribution >= 0.6 is 11.8 Å². The lowest BCUT2D eigenvalue weighted by atomic mass is 10.0. The first-order chi connectivity index (χ1) is 4.49. The number of hydrogen-bond donors (Lipinski definition) is 0. The molecule has 0 aromatic carbocycles. The Kier molecular flexibility index (Phi) is 1.86. The van der Waals surface area contributed by atoms with Gasteiger partial charge in [-0.05, 0) is 13.8 Å². The monoisotopic (exact) mass is 158 g/mol. The Labute approximate surface area is 64.4 Å². The molecule has 56 valence electrons. The summed E-state index contributed by atoms with van der Waals surface area (Å²) in [5.74, 6) is 0.0775. The zero-order valence-corrected chi connectivity index (χ0v) is 6.96. The summed E-state index contributed by atoms with van der Waals surface area (Å²) in [6.07, 6.45) is 0.664. The molecule has 0 atom stereocenters. The van der Waals surface area contributed by atoms with Crippen molar-refractivity contribution in [1.82, 2.24) is 0 Å². The van der Waals surface area contributed by atoms with Crippen LogP contribution < -0.4 is 0 Å². The molecule has 0 aromatic rings. The molecule has 0 aliphatic carbocycles. The summed E-state index contributed by atoms with van der Waals surface area (Å²) in [5.41, 5.74) is 0. The SMILES string of the molecule is CC1(C)CC(=O)CC(=O)S1. The van der Waals surface area contributed by atoms with Crippen molar-refractivity contribution in [3.05, 3.63) is 0 Å². The summed E-state index contributed by atoms with van der Waals surface area (Å²) in [6.45, 7) is 3.85. The normalized spacial score (nSPS) is 25.0. The van der Waals surface area contributed by atoms with E-state index < -0.39 is 0 Å². The van der Waals surface area contributed by atoms with E-state index in [1.165, 1.54) is 11.8 Å². The summed E-state index contributed by atoms with van der Waals surface area (Å²) >= 11 is 1.29. The average molecular weight is 158 g/mol. The highest BCUT2D eigenvalue weighted by Crippen LogP contribution is 2.34. The zero-order valence-electron chi connectivity index (χ0n) is 6.14. The van der Waals surface area contributed by atoms with Gasteiger partial charge < -0.3 is 0 Å². The maximum atomic E-state index is 10.9. The van der Waals surface area contributed by atoms with Crippen molar-refractivity contribution >= 4 is 22.7 Å². The van der Waals surface area contributed by atoms with Crippen LogP contribution in [0.2, 0.25) is 0 Å². The molecule has 10 heavy (non-hydrogen) atoms. The number of hydrogen-bond acceptors (Lipinski definition) is 3. The lowest BCUT2D eigenvalue weighted by molar-refractivity contribution is -0.124. The fourth-order valence-electron chi connectivity index (χ4n) is 1.08. The van der Waals surface area contributed by atoms with E-state index in [2.05, 4.69) is 0 Å². The molecule has 0 spiro atoms.